The Morgan fingerprint density at radius 3 is 2.50 bits per heavy atom. The molecule has 1 rings (SSSR count). The van der Waals surface area contributed by atoms with Gasteiger partial charge in [-0.3, -0.25) is 5.73 Å². The van der Waals surface area contributed by atoms with E-state index in [0.29, 0.717) is 4.32 Å². The van der Waals surface area contributed by atoms with E-state index in [1.54, 1.807) is 0 Å². The maximum absolute atomic E-state index is 5.24. The largest absolute Gasteiger partial charge is 0.299 e. The molecule has 1 unspecified atom stereocenters. The minimum absolute atomic E-state index is 0. The van der Waals surface area contributed by atoms with Crippen molar-refractivity contribution in [1.82, 2.24) is 0 Å². The summed E-state index contributed by atoms with van der Waals surface area (Å²) in [4.78, 5) is 0. The van der Waals surface area contributed by atoms with E-state index in [4.69, 9.17) is 5.73 Å². The van der Waals surface area contributed by atoms with Crippen LogP contribution in [0.4, 0.5) is 0 Å². The van der Waals surface area contributed by atoms with Gasteiger partial charge in [0.15, 0.2) is 9.82 Å². The third-order valence-electron chi connectivity index (χ3n) is 0.475. The normalized spacial score (nSPS) is 25.6. The predicted octanol–water partition coefficient (Wildman–Crippen LogP) is 0.710. The van der Waals surface area contributed by atoms with Crippen LogP contribution in [0.2, 0.25) is 0 Å². The molecule has 1 aliphatic rings. The van der Waals surface area contributed by atoms with Crippen LogP contribution >= 0.6 is 24.0 Å². The van der Waals surface area contributed by atoms with Crippen molar-refractivity contribution in [3.05, 3.63) is 0 Å². The number of hydrogen-bond acceptors (Lipinski definition) is 4. The van der Waals surface area contributed by atoms with E-state index in [2.05, 4.69) is 22.4 Å². The van der Waals surface area contributed by atoms with Gasteiger partial charge in [0.25, 0.3) is 0 Å². The van der Waals surface area contributed by atoms with E-state index in [0.717, 1.165) is 0 Å². The zero-order valence-corrected chi connectivity index (χ0v) is 6.24. The van der Waals surface area contributed by atoms with Gasteiger partial charge in [-0.25, -0.2) is 0 Å². The molecule has 8 heavy (non-hydrogen) atoms. The van der Waals surface area contributed by atoms with Gasteiger partial charge in [0, 0.05) is 17.1 Å². The summed E-state index contributed by atoms with van der Waals surface area (Å²) < 4.78 is 0.535. The summed E-state index contributed by atoms with van der Waals surface area (Å²) in [6, 6.07) is 0. The number of thiocarbonyl (C=S) groups is 1. The van der Waals surface area contributed by atoms with E-state index in [1.807, 2.05) is 0 Å². The smallest absolute Gasteiger partial charge is 0.185 e. The van der Waals surface area contributed by atoms with Crippen LogP contribution in [0.25, 0.3) is 0 Å². The number of azo groups is 1. The van der Waals surface area contributed by atoms with Crippen molar-refractivity contribution in [2.45, 2.75) is 5.50 Å². The van der Waals surface area contributed by atoms with E-state index < -0.39 is 0 Å². The first-order chi connectivity index (χ1) is 3.29. The fourth-order valence-electron chi connectivity index (χ4n) is 0.254. The van der Waals surface area contributed by atoms with Crippen LogP contribution in [0.15, 0.2) is 10.2 Å². The molecule has 1 atom stereocenters. The molecular formula is C2H3CuN3S2. The summed E-state index contributed by atoms with van der Waals surface area (Å²) in [7, 11) is 0. The molecule has 0 aliphatic carbocycles. The topological polar surface area (TPSA) is 50.7 Å². The molecule has 0 saturated carbocycles. The fourth-order valence-corrected chi connectivity index (χ4v) is 0.993. The average Bonchev–Trinajstić information content (AvgIpc) is 1.87. The summed E-state index contributed by atoms with van der Waals surface area (Å²) in [5, 5.41) is 7.05. The summed E-state index contributed by atoms with van der Waals surface area (Å²) in [5.41, 5.74) is 5.00. The van der Waals surface area contributed by atoms with Crippen LogP contribution in [-0.4, -0.2) is 9.82 Å². The summed E-state index contributed by atoms with van der Waals surface area (Å²) in [6.07, 6.45) is 0. The number of thioether (sulfide) groups is 1. The summed E-state index contributed by atoms with van der Waals surface area (Å²) in [6.45, 7) is 0. The van der Waals surface area contributed by atoms with Gasteiger partial charge < -0.3 is 0 Å². The molecule has 1 radical (unpaired) electrons. The van der Waals surface area contributed by atoms with Crippen LogP contribution in [0.3, 0.4) is 0 Å². The van der Waals surface area contributed by atoms with Crippen molar-refractivity contribution in [2.75, 3.05) is 0 Å². The Kier molecular flexibility index (Phi) is 3.76. The second-order valence-electron chi connectivity index (χ2n) is 0.990. The van der Waals surface area contributed by atoms with Gasteiger partial charge in [0.1, 0.15) is 0 Å². The standard InChI is InChI=1S/C2H3N3S2.Cu/c3-1-4-5-2(6)7-1;/h1H,3H2;. The van der Waals surface area contributed by atoms with Gasteiger partial charge >= 0.3 is 0 Å². The van der Waals surface area contributed by atoms with Crippen molar-refractivity contribution in [1.29, 1.82) is 0 Å². The molecule has 3 nitrogen and oxygen atoms in total. The van der Waals surface area contributed by atoms with E-state index >= 15 is 0 Å². The first-order valence-corrected chi connectivity index (χ1v) is 2.95. The first kappa shape index (κ1) is 8.52. The monoisotopic (exact) mass is 196 g/mol. The fraction of sp³-hybridized carbons (Fsp3) is 0.500. The molecule has 0 fully saturated rings. The van der Waals surface area contributed by atoms with Crippen LogP contribution in [-0.2, 0) is 17.1 Å². The molecule has 6 heteroatoms. The average molecular weight is 197 g/mol. The molecule has 0 aromatic rings. The minimum atomic E-state index is -0.243. The van der Waals surface area contributed by atoms with Gasteiger partial charge in [-0.15, -0.1) is 5.11 Å². The van der Waals surface area contributed by atoms with Crippen molar-refractivity contribution in [3.63, 3.8) is 0 Å². The van der Waals surface area contributed by atoms with Crippen molar-refractivity contribution < 1.29 is 17.1 Å². The van der Waals surface area contributed by atoms with Crippen LogP contribution < -0.4 is 5.73 Å². The number of nitrogens with zero attached hydrogens (tertiary/aromatic N) is 2. The molecule has 2 N–H and O–H groups in total. The Labute approximate surface area is 67.0 Å². The second kappa shape index (κ2) is 3.53. The minimum Gasteiger partial charge on any atom is -0.299 e. The number of nitrogens with two attached hydrogens (primary N) is 1. The molecule has 1 aliphatic heterocycles. The Hall–Kier alpha value is 0.519. The van der Waals surface area contributed by atoms with Crippen LogP contribution in [0.5, 0.6) is 0 Å². The van der Waals surface area contributed by atoms with Crippen LogP contribution in [0, 0.1) is 0 Å². The predicted molar refractivity (Wildman–Crippen MR) is 33.0 cm³/mol. The molecule has 0 saturated heterocycles. The zero-order chi connectivity index (χ0) is 5.28. The zero-order valence-electron chi connectivity index (χ0n) is 3.67. The molecule has 1 heterocycles. The Morgan fingerprint density at radius 2 is 2.38 bits per heavy atom. The molecule has 0 aromatic carbocycles. The summed E-state index contributed by atoms with van der Waals surface area (Å²) in [5.74, 6) is 0. The maximum atomic E-state index is 5.24. The van der Waals surface area contributed by atoms with E-state index in [-0.39, 0.29) is 22.6 Å². The third kappa shape index (κ3) is 2.19. The molecule has 0 bridgehead atoms. The van der Waals surface area contributed by atoms with Gasteiger partial charge in [-0.05, 0) is 24.0 Å². The first-order valence-electron chi connectivity index (χ1n) is 1.66. The van der Waals surface area contributed by atoms with Crippen molar-refractivity contribution in [3.8, 4) is 0 Å². The summed E-state index contributed by atoms with van der Waals surface area (Å²) >= 11 is 5.91. The maximum Gasteiger partial charge on any atom is 0.185 e. The molecule has 0 spiro atoms. The van der Waals surface area contributed by atoms with Crippen LogP contribution in [0.1, 0.15) is 0 Å². The Balaban J connectivity index is 0.000000490. The van der Waals surface area contributed by atoms with Crippen molar-refractivity contribution >= 4 is 28.3 Å². The molecule has 0 aromatic heterocycles. The van der Waals surface area contributed by atoms with E-state index in [9.17, 15) is 0 Å². The molecule has 0 amide bonds. The van der Waals surface area contributed by atoms with Gasteiger partial charge in [-0.1, -0.05) is 0 Å². The quantitative estimate of drug-likeness (QED) is 0.459. The SMILES string of the molecule is NC1N=NC(=S)S1.[Cu]. The van der Waals surface area contributed by atoms with Gasteiger partial charge in [-0.2, -0.15) is 5.11 Å². The van der Waals surface area contributed by atoms with Gasteiger partial charge in [0.05, 0.1) is 0 Å². The number of hydrogen-bond donors (Lipinski definition) is 1. The Morgan fingerprint density at radius 1 is 1.75 bits per heavy atom. The number of rotatable bonds is 0. The molecule has 49 valence electrons. The third-order valence-corrected chi connectivity index (χ3v) is 1.46. The second-order valence-corrected chi connectivity index (χ2v) is 2.74. The van der Waals surface area contributed by atoms with Crippen molar-refractivity contribution in [2.24, 2.45) is 16.0 Å². The molecular weight excluding hydrogens is 194 g/mol. The van der Waals surface area contributed by atoms with E-state index in [1.165, 1.54) is 11.8 Å². The Bertz CT molecular complexity index is 124. The van der Waals surface area contributed by atoms with Gasteiger partial charge in [0.2, 0.25) is 0 Å².